The summed E-state index contributed by atoms with van der Waals surface area (Å²) in [5.74, 6) is 1.44. The van der Waals surface area contributed by atoms with Gasteiger partial charge in [0.1, 0.15) is 0 Å². The summed E-state index contributed by atoms with van der Waals surface area (Å²) >= 11 is 0. The van der Waals surface area contributed by atoms with Crippen molar-refractivity contribution in [1.82, 2.24) is 15.1 Å². The number of hydrogen-bond donors (Lipinski definition) is 0. The molecule has 1 aliphatic rings. The molecule has 1 atom stereocenters. The van der Waals surface area contributed by atoms with Gasteiger partial charge in [-0.05, 0) is 26.4 Å². The Kier molecular flexibility index (Phi) is 2.31. The van der Waals surface area contributed by atoms with E-state index in [0.29, 0.717) is 11.9 Å². The zero-order valence-electron chi connectivity index (χ0n) is 8.16. The van der Waals surface area contributed by atoms with Crippen LogP contribution in [0.15, 0.2) is 4.42 Å². The predicted octanol–water partition coefficient (Wildman–Crippen LogP) is 1.53. The summed E-state index contributed by atoms with van der Waals surface area (Å²) in [6.45, 7) is 2.96. The second-order valence-corrected chi connectivity index (χ2v) is 3.65. The van der Waals surface area contributed by atoms with E-state index in [1.165, 1.54) is 12.8 Å². The lowest BCUT2D eigenvalue weighted by atomic mass is 10.0. The largest absolute Gasteiger partial charge is 0.424 e. The fourth-order valence-electron chi connectivity index (χ4n) is 1.83. The number of likely N-dealkylation sites (tertiary alicyclic amines) is 1. The van der Waals surface area contributed by atoms with Gasteiger partial charge < -0.3 is 4.42 Å². The van der Waals surface area contributed by atoms with Crippen LogP contribution in [0.5, 0.6) is 0 Å². The van der Waals surface area contributed by atoms with E-state index in [-0.39, 0.29) is 0 Å². The monoisotopic (exact) mass is 181 g/mol. The fraction of sp³-hybridized carbons (Fsp3) is 0.778. The molecule has 13 heavy (non-hydrogen) atoms. The minimum absolute atomic E-state index is 0.343. The molecular weight excluding hydrogens is 166 g/mol. The van der Waals surface area contributed by atoms with Crippen molar-refractivity contribution in [3.63, 3.8) is 0 Å². The van der Waals surface area contributed by atoms with Crippen LogP contribution in [0.2, 0.25) is 0 Å². The summed E-state index contributed by atoms with van der Waals surface area (Å²) in [6.07, 6.45) is 3.68. The minimum atomic E-state index is 0.343. The van der Waals surface area contributed by atoms with Crippen molar-refractivity contribution in [2.45, 2.75) is 32.2 Å². The van der Waals surface area contributed by atoms with Crippen LogP contribution in [0.3, 0.4) is 0 Å². The van der Waals surface area contributed by atoms with E-state index in [2.05, 4.69) is 22.1 Å². The number of piperidine rings is 1. The Balaban J connectivity index is 2.14. The molecule has 0 amide bonds. The van der Waals surface area contributed by atoms with Gasteiger partial charge in [0.05, 0.1) is 6.04 Å². The normalized spacial score (nSPS) is 24.9. The number of nitrogens with zero attached hydrogens (tertiary/aromatic N) is 3. The SMILES string of the molecule is Cc1nnc(C2CCCCN2C)o1. The van der Waals surface area contributed by atoms with Gasteiger partial charge in [0.2, 0.25) is 11.8 Å². The van der Waals surface area contributed by atoms with Crippen molar-refractivity contribution in [3.8, 4) is 0 Å². The molecule has 0 spiro atoms. The first-order valence-electron chi connectivity index (χ1n) is 4.77. The Morgan fingerprint density at radius 2 is 2.23 bits per heavy atom. The molecule has 0 radical (unpaired) electrons. The van der Waals surface area contributed by atoms with E-state index in [0.717, 1.165) is 18.9 Å². The predicted molar refractivity (Wildman–Crippen MR) is 48.3 cm³/mol. The third kappa shape index (κ3) is 1.72. The van der Waals surface area contributed by atoms with E-state index in [4.69, 9.17) is 4.42 Å². The lowest BCUT2D eigenvalue weighted by molar-refractivity contribution is 0.158. The molecule has 0 aliphatic carbocycles. The minimum Gasteiger partial charge on any atom is -0.424 e. The van der Waals surface area contributed by atoms with Gasteiger partial charge in [-0.3, -0.25) is 4.90 Å². The van der Waals surface area contributed by atoms with Crippen LogP contribution in [-0.4, -0.2) is 28.7 Å². The van der Waals surface area contributed by atoms with Gasteiger partial charge in [-0.1, -0.05) is 6.42 Å². The van der Waals surface area contributed by atoms with Gasteiger partial charge in [-0.2, -0.15) is 0 Å². The third-order valence-electron chi connectivity index (χ3n) is 2.60. The Hall–Kier alpha value is -0.900. The van der Waals surface area contributed by atoms with E-state index in [1.54, 1.807) is 0 Å². The van der Waals surface area contributed by atoms with Gasteiger partial charge in [-0.25, -0.2) is 0 Å². The lowest BCUT2D eigenvalue weighted by Gasteiger charge is -2.29. The van der Waals surface area contributed by atoms with Crippen molar-refractivity contribution in [3.05, 3.63) is 11.8 Å². The fourth-order valence-corrected chi connectivity index (χ4v) is 1.83. The van der Waals surface area contributed by atoms with Crippen molar-refractivity contribution >= 4 is 0 Å². The number of hydrogen-bond acceptors (Lipinski definition) is 4. The van der Waals surface area contributed by atoms with E-state index >= 15 is 0 Å². The van der Waals surface area contributed by atoms with Crippen LogP contribution < -0.4 is 0 Å². The number of rotatable bonds is 1. The molecule has 1 aliphatic heterocycles. The third-order valence-corrected chi connectivity index (χ3v) is 2.60. The van der Waals surface area contributed by atoms with E-state index in [1.807, 2.05) is 6.92 Å². The average Bonchev–Trinajstić information content (AvgIpc) is 2.53. The van der Waals surface area contributed by atoms with Crippen LogP contribution in [0, 0.1) is 6.92 Å². The van der Waals surface area contributed by atoms with Crippen molar-refractivity contribution in [2.75, 3.05) is 13.6 Å². The highest BCUT2D eigenvalue weighted by molar-refractivity contribution is 4.91. The van der Waals surface area contributed by atoms with Gasteiger partial charge in [0.15, 0.2) is 0 Å². The van der Waals surface area contributed by atoms with Gasteiger partial charge in [-0.15, -0.1) is 10.2 Å². The van der Waals surface area contributed by atoms with Gasteiger partial charge in [0, 0.05) is 6.92 Å². The summed E-state index contributed by atoms with van der Waals surface area (Å²) in [4.78, 5) is 2.29. The molecule has 4 heteroatoms. The molecule has 1 aromatic rings. The Morgan fingerprint density at radius 1 is 1.38 bits per heavy atom. The molecule has 4 nitrogen and oxygen atoms in total. The molecule has 1 unspecified atom stereocenters. The average molecular weight is 181 g/mol. The summed E-state index contributed by atoms with van der Waals surface area (Å²) in [7, 11) is 2.11. The molecule has 1 fully saturated rings. The Morgan fingerprint density at radius 3 is 2.85 bits per heavy atom. The van der Waals surface area contributed by atoms with Gasteiger partial charge >= 0.3 is 0 Å². The van der Waals surface area contributed by atoms with Crippen LogP contribution in [0.4, 0.5) is 0 Å². The van der Waals surface area contributed by atoms with Crippen molar-refractivity contribution < 1.29 is 4.42 Å². The van der Waals surface area contributed by atoms with Crippen LogP contribution in [0.1, 0.15) is 37.1 Å². The highest BCUT2D eigenvalue weighted by atomic mass is 16.4. The quantitative estimate of drug-likeness (QED) is 0.659. The molecule has 1 saturated heterocycles. The maximum Gasteiger partial charge on any atom is 0.233 e. The summed E-state index contributed by atoms with van der Waals surface area (Å²) in [5, 5.41) is 7.91. The second kappa shape index (κ2) is 3.46. The van der Waals surface area contributed by atoms with E-state index < -0.39 is 0 Å². The molecule has 1 aromatic heterocycles. The molecule has 0 saturated carbocycles. The highest BCUT2D eigenvalue weighted by Gasteiger charge is 2.24. The molecule has 2 rings (SSSR count). The van der Waals surface area contributed by atoms with Gasteiger partial charge in [0.25, 0.3) is 0 Å². The molecule has 0 N–H and O–H groups in total. The van der Waals surface area contributed by atoms with Crippen molar-refractivity contribution in [2.24, 2.45) is 0 Å². The zero-order chi connectivity index (χ0) is 9.26. The van der Waals surface area contributed by atoms with Crippen LogP contribution in [0.25, 0.3) is 0 Å². The molecule has 0 aromatic carbocycles. The summed E-state index contributed by atoms with van der Waals surface area (Å²) in [6, 6.07) is 0.343. The van der Waals surface area contributed by atoms with E-state index in [9.17, 15) is 0 Å². The first-order chi connectivity index (χ1) is 6.27. The number of aryl methyl sites for hydroxylation is 1. The van der Waals surface area contributed by atoms with Crippen molar-refractivity contribution in [1.29, 1.82) is 0 Å². The summed E-state index contributed by atoms with van der Waals surface area (Å²) < 4.78 is 5.43. The Labute approximate surface area is 77.9 Å². The first kappa shape index (κ1) is 8.69. The molecule has 0 bridgehead atoms. The maximum absolute atomic E-state index is 5.43. The molecular formula is C9H15N3O. The molecule has 72 valence electrons. The summed E-state index contributed by atoms with van der Waals surface area (Å²) in [5.41, 5.74) is 0. The maximum atomic E-state index is 5.43. The standard InChI is InChI=1S/C9H15N3O/c1-7-10-11-9(13-7)8-5-3-4-6-12(8)2/h8H,3-6H2,1-2H3. The molecule has 2 heterocycles. The zero-order valence-corrected chi connectivity index (χ0v) is 8.16. The second-order valence-electron chi connectivity index (χ2n) is 3.65. The first-order valence-corrected chi connectivity index (χ1v) is 4.77. The Bertz CT molecular complexity index is 284. The van der Waals surface area contributed by atoms with Crippen LogP contribution in [-0.2, 0) is 0 Å². The lowest BCUT2D eigenvalue weighted by Crippen LogP contribution is -2.29. The smallest absolute Gasteiger partial charge is 0.233 e. The number of aromatic nitrogens is 2. The topological polar surface area (TPSA) is 42.2 Å². The highest BCUT2D eigenvalue weighted by Crippen LogP contribution is 2.28. The van der Waals surface area contributed by atoms with Crippen LogP contribution >= 0.6 is 0 Å².